The fourth-order valence-electron chi connectivity index (χ4n) is 1.59. The van der Waals surface area contributed by atoms with Crippen molar-refractivity contribution in [3.05, 3.63) is 29.3 Å². The molecule has 0 fully saturated rings. The predicted octanol–water partition coefficient (Wildman–Crippen LogP) is 2.38. The van der Waals surface area contributed by atoms with Gasteiger partial charge in [-0.25, -0.2) is 0 Å². The maximum Gasteiger partial charge on any atom is 0.152 e. The van der Waals surface area contributed by atoms with Gasteiger partial charge < -0.3 is 10.5 Å². The van der Waals surface area contributed by atoms with Gasteiger partial charge in [-0.15, -0.1) is 0 Å². The quantitative estimate of drug-likeness (QED) is 0.454. The van der Waals surface area contributed by atoms with E-state index in [-0.39, 0.29) is 5.78 Å². The molecular weight excluding hydrogens is 202 g/mol. The van der Waals surface area contributed by atoms with Crippen molar-refractivity contribution in [1.29, 1.82) is 0 Å². The molecule has 0 aliphatic heterocycles. The van der Waals surface area contributed by atoms with Crippen LogP contribution in [-0.4, -0.2) is 12.1 Å². The van der Waals surface area contributed by atoms with E-state index in [1.54, 1.807) is 13.0 Å². The summed E-state index contributed by atoms with van der Waals surface area (Å²) in [5.74, 6) is 0.232. The van der Waals surface area contributed by atoms with Crippen LogP contribution in [0.25, 0.3) is 0 Å². The summed E-state index contributed by atoms with van der Waals surface area (Å²) in [5.41, 5.74) is 7.88. The number of benzene rings is 1. The number of rotatable bonds is 6. The molecule has 3 heteroatoms. The summed E-state index contributed by atoms with van der Waals surface area (Å²) >= 11 is 0. The predicted molar refractivity (Wildman–Crippen MR) is 64.5 cm³/mol. The normalized spacial score (nSPS) is 10.1. The minimum atomic E-state index is 0.232. The van der Waals surface area contributed by atoms with Gasteiger partial charge in [0.2, 0.25) is 0 Å². The number of hydrogen-bond donors (Lipinski definition) is 1. The van der Waals surface area contributed by atoms with Crippen molar-refractivity contribution in [1.82, 2.24) is 0 Å². The van der Waals surface area contributed by atoms with Crippen LogP contribution in [0, 0.1) is 0 Å². The lowest BCUT2D eigenvalue weighted by molar-refractivity contribution is -0.117. The van der Waals surface area contributed by atoms with Crippen LogP contribution >= 0.6 is 0 Å². The Balaban J connectivity index is 2.46. The molecule has 0 saturated carbocycles. The number of nitrogen functional groups attached to an aromatic ring is 1. The summed E-state index contributed by atoms with van der Waals surface area (Å²) in [7, 11) is 0. The Labute approximate surface area is 95.6 Å². The van der Waals surface area contributed by atoms with Gasteiger partial charge in [-0.2, -0.15) is 0 Å². The average Bonchev–Trinajstić information content (AvgIpc) is 2.24. The van der Waals surface area contributed by atoms with Gasteiger partial charge in [0.15, 0.2) is 6.29 Å². The lowest BCUT2D eigenvalue weighted by Crippen LogP contribution is -1.96. The van der Waals surface area contributed by atoms with Crippen molar-refractivity contribution in [3.8, 4) is 0 Å². The molecule has 86 valence electrons. The summed E-state index contributed by atoms with van der Waals surface area (Å²) in [6.07, 6.45) is 4.18. The third-order valence-electron chi connectivity index (χ3n) is 2.52. The van der Waals surface area contributed by atoms with Crippen molar-refractivity contribution in [2.45, 2.75) is 32.6 Å². The number of nitrogens with two attached hydrogens (primary N) is 1. The van der Waals surface area contributed by atoms with Crippen molar-refractivity contribution in [2.24, 2.45) is 0 Å². The zero-order chi connectivity index (χ0) is 12.0. The number of anilines is 1. The van der Waals surface area contributed by atoms with Crippen LogP contribution in [0.15, 0.2) is 18.2 Å². The van der Waals surface area contributed by atoms with Gasteiger partial charge >= 0.3 is 0 Å². The zero-order valence-electron chi connectivity index (χ0n) is 9.53. The first-order valence-corrected chi connectivity index (χ1v) is 5.46. The number of aldehydes is 1. The minimum absolute atomic E-state index is 0.232. The maximum absolute atomic E-state index is 10.7. The van der Waals surface area contributed by atoms with Crippen molar-refractivity contribution in [3.63, 3.8) is 0 Å². The fraction of sp³-hybridized carbons (Fsp3) is 0.385. The van der Waals surface area contributed by atoms with Crippen LogP contribution in [0.2, 0.25) is 0 Å². The number of aryl methyl sites for hydroxylation is 1. The standard InChI is InChI=1S/C13H17NO2/c1-10(16)4-2-3-5-11-6-7-12(9-15)13(14)8-11/h6-9H,2-5,14H2,1H3. The second-order valence-corrected chi connectivity index (χ2v) is 3.99. The lowest BCUT2D eigenvalue weighted by Gasteiger charge is -2.04. The molecule has 3 nitrogen and oxygen atoms in total. The number of Topliss-reactive ketones (excluding diaryl/α,β-unsaturated/α-hetero) is 1. The number of unbranched alkanes of at least 4 members (excludes halogenated alkanes) is 1. The molecule has 0 aliphatic rings. The zero-order valence-corrected chi connectivity index (χ0v) is 9.53. The highest BCUT2D eigenvalue weighted by Gasteiger charge is 2.00. The van der Waals surface area contributed by atoms with E-state index in [1.807, 2.05) is 12.1 Å². The molecule has 1 aromatic carbocycles. The first-order valence-electron chi connectivity index (χ1n) is 5.46. The number of carbonyl (C=O) groups excluding carboxylic acids is 2. The number of hydrogen-bond acceptors (Lipinski definition) is 3. The van der Waals surface area contributed by atoms with Crippen LogP contribution in [0.3, 0.4) is 0 Å². The monoisotopic (exact) mass is 219 g/mol. The third-order valence-corrected chi connectivity index (χ3v) is 2.52. The van der Waals surface area contributed by atoms with Gasteiger partial charge in [-0.3, -0.25) is 4.79 Å². The SMILES string of the molecule is CC(=O)CCCCc1ccc(C=O)c(N)c1. The fourth-order valence-corrected chi connectivity index (χ4v) is 1.59. The molecule has 0 spiro atoms. The van der Waals surface area contributed by atoms with Gasteiger partial charge in [0.1, 0.15) is 5.78 Å². The molecule has 0 saturated heterocycles. The molecule has 16 heavy (non-hydrogen) atoms. The molecule has 0 radical (unpaired) electrons. The van der Waals surface area contributed by atoms with Gasteiger partial charge in [-0.1, -0.05) is 6.07 Å². The summed E-state index contributed by atoms with van der Waals surface area (Å²) in [4.78, 5) is 21.3. The molecule has 1 rings (SSSR count). The summed E-state index contributed by atoms with van der Waals surface area (Å²) in [5, 5.41) is 0. The molecule has 2 N–H and O–H groups in total. The first-order chi connectivity index (χ1) is 7.63. The molecular formula is C13H17NO2. The van der Waals surface area contributed by atoms with E-state index in [9.17, 15) is 9.59 Å². The second-order valence-electron chi connectivity index (χ2n) is 3.99. The topological polar surface area (TPSA) is 60.2 Å². The largest absolute Gasteiger partial charge is 0.398 e. The molecule has 0 amide bonds. The first kappa shape index (κ1) is 12.4. The maximum atomic E-state index is 10.7. The molecule has 0 bridgehead atoms. The van der Waals surface area contributed by atoms with Crippen LogP contribution in [0.4, 0.5) is 5.69 Å². The smallest absolute Gasteiger partial charge is 0.152 e. The van der Waals surface area contributed by atoms with E-state index >= 15 is 0 Å². The van der Waals surface area contributed by atoms with Gasteiger partial charge in [0.05, 0.1) is 0 Å². The van der Waals surface area contributed by atoms with E-state index in [0.29, 0.717) is 17.7 Å². The third kappa shape index (κ3) is 3.85. The van der Waals surface area contributed by atoms with Crippen LogP contribution in [0.1, 0.15) is 42.1 Å². The molecule has 0 aromatic heterocycles. The van der Waals surface area contributed by atoms with Crippen molar-refractivity contribution in [2.75, 3.05) is 5.73 Å². The Morgan fingerprint density at radius 3 is 2.69 bits per heavy atom. The Hall–Kier alpha value is -1.64. The molecule has 0 aliphatic carbocycles. The van der Waals surface area contributed by atoms with E-state index < -0.39 is 0 Å². The van der Waals surface area contributed by atoms with Crippen LogP contribution in [0.5, 0.6) is 0 Å². The van der Waals surface area contributed by atoms with E-state index in [4.69, 9.17) is 5.73 Å². The molecule has 0 unspecified atom stereocenters. The summed E-state index contributed by atoms with van der Waals surface area (Å²) in [6, 6.07) is 5.48. The number of carbonyl (C=O) groups is 2. The van der Waals surface area contributed by atoms with Crippen molar-refractivity contribution < 1.29 is 9.59 Å². The van der Waals surface area contributed by atoms with Crippen molar-refractivity contribution >= 4 is 17.8 Å². The highest BCUT2D eigenvalue weighted by molar-refractivity contribution is 5.83. The van der Waals surface area contributed by atoms with Gasteiger partial charge in [0.25, 0.3) is 0 Å². The lowest BCUT2D eigenvalue weighted by atomic mass is 10.0. The Bertz CT molecular complexity index is 386. The minimum Gasteiger partial charge on any atom is -0.398 e. The Kier molecular flexibility index (Phi) is 4.70. The van der Waals surface area contributed by atoms with E-state index in [0.717, 1.165) is 31.1 Å². The van der Waals surface area contributed by atoms with Crippen LogP contribution in [-0.2, 0) is 11.2 Å². The van der Waals surface area contributed by atoms with Gasteiger partial charge in [-0.05, 0) is 43.9 Å². The van der Waals surface area contributed by atoms with E-state index in [2.05, 4.69) is 0 Å². The van der Waals surface area contributed by atoms with Gasteiger partial charge in [0, 0.05) is 17.7 Å². The average molecular weight is 219 g/mol. The van der Waals surface area contributed by atoms with E-state index in [1.165, 1.54) is 0 Å². The Morgan fingerprint density at radius 1 is 1.38 bits per heavy atom. The molecule has 0 atom stereocenters. The highest BCUT2D eigenvalue weighted by Crippen LogP contribution is 2.14. The molecule has 0 heterocycles. The highest BCUT2D eigenvalue weighted by atomic mass is 16.1. The number of ketones is 1. The summed E-state index contributed by atoms with van der Waals surface area (Å²) in [6.45, 7) is 1.61. The van der Waals surface area contributed by atoms with Crippen LogP contribution < -0.4 is 5.73 Å². The Morgan fingerprint density at radius 2 is 2.12 bits per heavy atom. The summed E-state index contributed by atoms with van der Waals surface area (Å²) < 4.78 is 0. The second kappa shape index (κ2) is 6.05. The molecule has 1 aromatic rings.